The lowest BCUT2D eigenvalue weighted by Crippen LogP contribution is -2.36. The van der Waals surface area contributed by atoms with E-state index >= 15 is 0 Å². The highest BCUT2D eigenvalue weighted by molar-refractivity contribution is 7.80. The van der Waals surface area contributed by atoms with Gasteiger partial charge < -0.3 is 0 Å². The number of halogens is 5. The van der Waals surface area contributed by atoms with Crippen molar-refractivity contribution >= 4 is 12.6 Å². The lowest BCUT2D eigenvalue weighted by Gasteiger charge is -2.17. The predicted octanol–water partition coefficient (Wildman–Crippen LogP) is 2.77. The summed E-state index contributed by atoms with van der Waals surface area (Å²) < 4.78 is 57.2. The van der Waals surface area contributed by atoms with Crippen LogP contribution in [0.4, 0.5) is 22.0 Å². The van der Waals surface area contributed by atoms with Gasteiger partial charge in [0, 0.05) is 12.2 Å². The Morgan fingerprint density at radius 3 is 1.50 bits per heavy atom. The molecule has 0 aliphatic carbocycles. The third-order valence-corrected chi connectivity index (χ3v) is 1.03. The first-order chi connectivity index (χ1) is 4.31. The first-order valence-electron chi connectivity index (χ1n) is 2.34. The fraction of sp³-hybridized carbons (Fsp3) is 1.00. The van der Waals surface area contributed by atoms with E-state index in [-0.39, 0.29) is 0 Å². The summed E-state index contributed by atoms with van der Waals surface area (Å²) in [6, 6.07) is 0. The summed E-state index contributed by atoms with van der Waals surface area (Å²) >= 11 is 3.99. The van der Waals surface area contributed by atoms with Crippen LogP contribution < -0.4 is 0 Å². The van der Waals surface area contributed by atoms with Crippen molar-refractivity contribution in [1.82, 2.24) is 0 Å². The Bertz CT molecular complexity index is 107. The van der Waals surface area contributed by atoms with Crippen molar-refractivity contribution < 1.29 is 22.0 Å². The summed E-state index contributed by atoms with van der Waals surface area (Å²) in [5.74, 6) is -5.21. The van der Waals surface area contributed by atoms with Crippen molar-refractivity contribution in [3.8, 4) is 0 Å². The van der Waals surface area contributed by atoms with E-state index in [2.05, 4.69) is 12.6 Å². The Morgan fingerprint density at radius 1 is 1.00 bits per heavy atom. The molecule has 0 unspecified atom stereocenters. The first kappa shape index (κ1) is 10.0. The topological polar surface area (TPSA) is 0 Å². The van der Waals surface area contributed by atoms with Gasteiger partial charge in [-0.2, -0.15) is 22.0 Å². The second-order valence-electron chi connectivity index (χ2n) is 1.66. The molecule has 0 aromatic rings. The highest BCUT2D eigenvalue weighted by atomic mass is 32.1. The van der Waals surface area contributed by atoms with Gasteiger partial charge in [0.25, 0.3) is 0 Å². The minimum absolute atomic E-state index is 0.591. The molecule has 0 heterocycles. The van der Waals surface area contributed by atoms with Crippen molar-refractivity contribution in [1.29, 1.82) is 0 Å². The second-order valence-corrected chi connectivity index (χ2v) is 2.06. The number of alkyl halides is 5. The van der Waals surface area contributed by atoms with Gasteiger partial charge in [0.05, 0.1) is 0 Å². The van der Waals surface area contributed by atoms with Gasteiger partial charge in [0.15, 0.2) is 0 Å². The normalized spacial score (nSPS) is 13.8. The maximum absolute atomic E-state index is 11.7. The highest BCUT2D eigenvalue weighted by Gasteiger charge is 2.56. The largest absolute Gasteiger partial charge is 0.453 e. The summed E-state index contributed by atoms with van der Waals surface area (Å²) in [5.41, 5.74) is 0. The van der Waals surface area contributed by atoms with Gasteiger partial charge >= 0.3 is 12.1 Å². The van der Waals surface area contributed by atoms with Gasteiger partial charge in [-0.3, -0.25) is 0 Å². The van der Waals surface area contributed by atoms with E-state index in [0.29, 0.717) is 0 Å². The zero-order chi connectivity index (χ0) is 8.41. The predicted molar refractivity (Wildman–Crippen MR) is 28.1 cm³/mol. The van der Waals surface area contributed by atoms with Gasteiger partial charge in [-0.15, -0.1) is 0 Å². The minimum atomic E-state index is -5.45. The van der Waals surface area contributed by atoms with Crippen molar-refractivity contribution in [2.24, 2.45) is 0 Å². The smallest absolute Gasteiger partial charge is 0.196 e. The van der Waals surface area contributed by atoms with Crippen molar-refractivity contribution in [2.75, 3.05) is 5.75 Å². The van der Waals surface area contributed by atoms with Gasteiger partial charge in [0.2, 0.25) is 0 Å². The van der Waals surface area contributed by atoms with E-state index in [4.69, 9.17) is 0 Å². The average molecular weight is 179 g/mol. The summed E-state index contributed by atoms with van der Waals surface area (Å²) in [6.07, 6.45) is -6.77. The molecule has 10 heavy (non-hydrogen) atoms. The van der Waals surface area contributed by atoms with Crippen molar-refractivity contribution in [2.45, 2.75) is 18.5 Å². The molecule has 0 bridgehead atoms. The molecular weight excluding hydrogens is 175 g/mol. The van der Waals surface area contributed by atoms with Crippen molar-refractivity contribution in [3.63, 3.8) is 0 Å². The maximum Gasteiger partial charge on any atom is 0.453 e. The molecule has 1 radical (unpaired) electrons. The third kappa shape index (κ3) is 2.32. The lowest BCUT2D eigenvalue weighted by atomic mass is 10.2. The Kier molecular flexibility index (Phi) is 2.94. The van der Waals surface area contributed by atoms with E-state index < -0.39 is 24.3 Å². The van der Waals surface area contributed by atoms with E-state index in [0.717, 1.165) is 0 Å². The summed E-state index contributed by atoms with van der Waals surface area (Å²) in [4.78, 5) is 0. The quantitative estimate of drug-likeness (QED) is 0.572. The first-order valence-corrected chi connectivity index (χ1v) is 2.91. The van der Waals surface area contributed by atoms with Crippen LogP contribution in [-0.2, 0) is 0 Å². The van der Waals surface area contributed by atoms with E-state index in [1.54, 1.807) is 0 Å². The van der Waals surface area contributed by atoms with Crippen LogP contribution >= 0.6 is 12.6 Å². The molecule has 0 N–H and O–H groups in total. The summed E-state index contributed by atoms with van der Waals surface area (Å²) in [6.45, 7) is 0. The average Bonchev–Trinajstić information content (AvgIpc) is 1.61. The van der Waals surface area contributed by atoms with Crippen LogP contribution in [0.15, 0.2) is 0 Å². The molecular formula is C4H4F5S. The van der Waals surface area contributed by atoms with E-state index in [1.165, 1.54) is 0 Å². The van der Waals surface area contributed by atoms with Gasteiger partial charge in [0.1, 0.15) is 0 Å². The molecule has 0 fully saturated rings. The monoisotopic (exact) mass is 179 g/mol. The Morgan fingerprint density at radius 2 is 1.40 bits per heavy atom. The summed E-state index contributed by atoms with van der Waals surface area (Å²) in [7, 11) is 0. The van der Waals surface area contributed by atoms with Crippen LogP contribution in [0, 0.1) is 0 Å². The zero-order valence-corrected chi connectivity index (χ0v) is 5.53. The molecule has 0 aromatic carbocycles. The summed E-state index contributed by atoms with van der Waals surface area (Å²) in [5, 5.41) is 0. The molecule has 0 atom stereocenters. The molecule has 0 aliphatic rings. The molecule has 0 saturated heterocycles. The van der Waals surface area contributed by atoms with Crippen LogP contribution in [0.5, 0.6) is 0 Å². The van der Waals surface area contributed by atoms with Gasteiger partial charge in [-0.1, -0.05) is 12.6 Å². The highest BCUT2D eigenvalue weighted by Crippen LogP contribution is 2.37. The zero-order valence-electron chi connectivity index (χ0n) is 4.71. The number of hydrogen-bond donors (Lipinski definition) is 0. The molecule has 0 amide bonds. The minimum Gasteiger partial charge on any atom is -0.196 e. The van der Waals surface area contributed by atoms with Gasteiger partial charge in [-0.05, 0) is 0 Å². The maximum atomic E-state index is 11.7. The van der Waals surface area contributed by atoms with E-state index in [9.17, 15) is 22.0 Å². The Labute approximate surface area is 59.8 Å². The fourth-order valence-corrected chi connectivity index (χ4v) is 0.526. The van der Waals surface area contributed by atoms with E-state index in [1.807, 2.05) is 0 Å². The molecule has 0 aliphatic heterocycles. The van der Waals surface area contributed by atoms with Crippen LogP contribution in [-0.4, -0.2) is 17.9 Å². The molecule has 61 valence electrons. The Hall–Kier alpha value is -0.0000000000000000555. The van der Waals surface area contributed by atoms with Crippen LogP contribution in [0.2, 0.25) is 0 Å². The Balaban J connectivity index is 4.10. The molecule has 0 aromatic heterocycles. The van der Waals surface area contributed by atoms with Gasteiger partial charge in [-0.25, -0.2) is 0 Å². The third-order valence-electron chi connectivity index (χ3n) is 0.831. The molecule has 0 spiro atoms. The lowest BCUT2D eigenvalue weighted by molar-refractivity contribution is -0.282. The molecule has 0 rings (SSSR count). The SMILES string of the molecule is FC(F)(F)C(F)(F)CC[S]. The molecule has 0 saturated carbocycles. The van der Waals surface area contributed by atoms with Crippen LogP contribution in [0.3, 0.4) is 0 Å². The number of hydrogen-bond acceptors (Lipinski definition) is 0. The van der Waals surface area contributed by atoms with Crippen LogP contribution in [0.1, 0.15) is 6.42 Å². The molecule has 6 heteroatoms. The van der Waals surface area contributed by atoms with Crippen LogP contribution in [0.25, 0.3) is 0 Å². The number of rotatable bonds is 2. The standard InChI is InChI=1S/C4H4F5S/c5-3(6,1-2-10)4(7,8)9/h1-2H2. The second kappa shape index (κ2) is 2.94. The fourth-order valence-electron chi connectivity index (χ4n) is 0.270. The van der Waals surface area contributed by atoms with Crippen molar-refractivity contribution in [3.05, 3.63) is 0 Å². The molecule has 0 nitrogen and oxygen atoms in total.